The average molecular weight is 319 g/mol. The fourth-order valence-electron chi connectivity index (χ4n) is 1.80. The second-order valence-electron chi connectivity index (χ2n) is 4.29. The van der Waals surface area contributed by atoms with Gasteiger partial charge >= 0.3 is 17.9 Å². The van der Waals surface area contributed by atoms with Gasteiger partial charge in [0, 0.05) is 0 Å². The Morgan fingerprint density at radius 3 is 1.87 bits per heavy atom. The first-order valence-electron chi connectivity index (χ1n) is 6.33. The number of hydrogen-bond donors (Lipinski definition) is 0. The first kappa shape index (κ1) is 16.1. The number of hydrogen-bond acceptors (Lipinski definition) is 8. The Balaban J connectivity index is 2.52. The van der Waals surface area contributed by atoms with Gasteiger partial charge in [0.05, 0.1) is 44.3 Å². The van der Waals surface area contributed by atoms with Crippen LogP contribution in [0.3, 0.4) is 0 Å². The van der Waals surface area contributed by atoms with E-state index in [0.29, 0.717) is 5.69 Å². The highest BCUT2D eigenvalue weighted by Crippen LogP contribution is 2.16. The summed E-state index contributed by atoms with van der Waals surface area (Å²) in [7, 11) is 3.66. The molecule has 0 aliphatic rings. The van der Waals surface area contributed by atoms with E-state index in [0.717, 1.165) is 0 Å². The van der Waals surface area contributed by atoms with E-state index in [1.54, 1.807) is 0 Å². The number of nitrogens with zero attached hydrogens (tertiary/aromatic N) is 3. The molecular weight excluding hydrogens is 306 g/mol. The molecule has 0 spiro atoms. The maximum atomic E-state index is 11.7. The monoisotopic (exact) mass is 319 g/mol. The lowest BCUT2D eigenvalue weighted by atomic mass is 10.1. The van der Waals surface area contributed by atoms with Crippen LogP contribution in [0.2, 0.25) is 0 Å². The average Bonchev–Trinajstić information content (AvgIpc) is 3.09. The number of ether oxygens (including phenoxy) is 3. The van der Waals surface area contributed by atoms with Crippen LogP contribution < -0.4 is 0 Å². The summed E-state index contributed by atoms with van der Waals surface area (Å²) in [6.45, 7) is 0. The Labute approximate surface area is 130 Å². The second kappa shape index (κ2) is 6.69. The Morgan fingerprint density at radius 2 is 1.39 bits per heavy atom. The third kappa shape index (κ3) is 3.34. The molecule has 0 aliphatic heterocycles. The molecule has 0 bridgehead atoms. The molecular formula is C14H13N3O6. The molecule has 1 aromatic heterocycles. The number of aromatic nitrogens is 3. The summed E-state index contributed by atoms with van der Waals surface area (Å²) in [6.07, 6.45) is 1.31. The summed E-state index contributed by atoms with van der Waals surface area (Å²) in [5.74, 6) is -1.93. The summed E-state index contributed by atoms with van der Waals surface area (Å²) in [6, 6.07) is 4.21. The molecule has 0 fully saturated rings. The molecule has 2 aromatic rings. The molecule has 1 aromatic carbocycles. The number of carbonyl (C=O) groups is 3. The molecule has 9 heteroatoms. The summed E-state index contributed by atoms with van der Waals surface area (Å²) >= 11 is 0. The van der Waals surface area contributed by atoms with Crippen LogP contribution in [-0.4, -0.2) is 54.2 Å². The van der Waals surface area contributed by atoms with Gasteiger partial charge < -0.3 is 14.2 Å². The molecule has 0 saturated carbocycles. The van der Waals surface area contributed by atoms with Crippen molar-refractivity contribution >= 4 is 17.9 Å². The highest BCUT2D eigenvalue weighted by molar-refractivity contribution is 5.96. The Bertz CT molecular complexity index is 733. The molecule has 9 nitrogen and oxygen atoms in total. The van der Waals surface area contributed by atoms with Crippen LogP contribution in [0.25, 0.3) is 5.69 Å². The second-order valence-corrected chi connectivity index (χ2v) is 4.29. The van der Waals surface area contributed by atoms with Gasteiger partial charge in [0.25, 0.3) is 0 Å². The molecule has 1 heterocycles. The van der Waals surface area contributed by atoms with Crippen molar-refractivity contribution in [2.45, 2.75) is 0 Å². The van der Waals surface area contributed by atoms with E-state index in [1.165, 1.54) is 50.4 Å². The molecule has 0 atom stereocenters. The molecule has 0 amide bonds. The lowest BCUT2D eigenvalue weighted by Gasteiger charge is -2.07. The van der Waals surface area contributed by atoms with Crippen LogP contribution in [0.4, 0.5) is 0 Å². The van der Waals surface area contributed by atoms with Crippen molar-refractivity contribution in [3.63, 3.8) is 0 Å². The normalized spacial score (nSPS) is 10.0. The van der Waals surface area contributed by atoms with E-state index in [-0.39, 0.29) is 16.8 Å². The quantitative estimate of drug-likeness (QED) is 0.596. The smallest absolute Gasteiger partial charge is 0.360 e. The highest BCUT2D eigenvalue weighted by Gasteiger charge is 2.17. The standard InChI is InChI=1S/C14H13N3O6/c1-21-12(18)8-4-9(13(19)22-2)6-10(5-8)17-7-11(15-16-17)14(20)23-3/h4-7H,1-3H3. The van der Waals surface area contributed by atoms with Crippen LogP contribution in [0.15, 0.2) is 24.4 Å². The van der Waals surface area contributed by atoms with Gasteiger partial charge in [-0.3, -0.25) is 0 Å². The maximum Gasteiger partial charge on any atom is 0.360 e. The number of rotatable bonds is 4. The third-order valence-electron chi connectivity index (χ3n) is 2.91. The molecule has 120 valence electrons. The summed E-state index contributed by atoms with van der Waals surface area (Å²) in [5, 5.41) is 7.43. The Hall–Kier alpha value is -3.23. The zero-order valence-electron chi connectivity index (χ0n) is 12.6. The van der Waals surface area contributed by atoms with Gasteiger partial charge in [-0.05, 0) is 18.2 Å². The molecule has 0 aliphatic carbocycles. The van der Waals surface area contributed by atoms with Gasteiger partial charge in [-0.2, -0.15) is 0 Å². The van der Waals surface area contributed by atoms with E-state index in [4.69, 9.17) is 0 Å². The number of benzene rings is 1. The predicted octanol–water partition coefficient (Wildman–Crippen LogP) is 0.627. The van der Waals surface area contributed by atoms with Crippen molar-refractivity contribution in [1.82, 2.24) is 15.0 Å². The Kier molecular flexibility index (Phi) is 4.69. The molecule has 0 N–H and O–H groups in total. The summed E-state index contributed by atoms with van der Waals surface area (Å²) in [4.78, 5) is 34.9. The van der Waals surface area contributed by atoms with Crippen molar-refractivity contribution in [3.8, 4) is 5.69 Å². The number of carbonyl (C=O) groups excluding carboxylic acids is 3. The zero-order chi connectivity index (χ0) is 17.0. The van der Waals surface area contributed by atoms with Gasteiger partial charge in [-0.1, -0.05) is 5.21 Å². The van der Waals surface area contributed by atoms with Gasteiger partial charge in [0.15, 0.2) is 5.69 Å². The molecule has 2 rings (SSSR count). The van der Waals surface area contributed by atoms with E-state index in [9.17, 15) is 14.4 Å². The molecule has 0 saturated heterocycles. The lowest BCUT2D eigenvalue weighted by molar-refractivity contribution is 0.0583. The van der Waals surface area contributed by atoms with Crippen LogP contribution in [0, 0.1) is 0 Å². The molecule has 0 radical (unpaired) electrons. The van der Waals surface area contributed by atoms with Crippen molar-refractivity contribution in [2.24, 2.45) is 0 Å². The predicted molar refractivity (Wildman–Crippen MR) is 75.4 cm³/mol. The lowest BCUT2D eigenvalue weighted by Crippen LogP contribution is -2.09. The van der Waals surface area contributed by atoms with Crippen LogP contribution in [0.1, 0.15) is 31.2 Å². The van der Waals surface area contributed by atoms with Crippen molar-refractivity contribution in [1.29, 1.82) is 0 Å². The summed E-state index contributed by atoms with van der Waals surface area (Å²) in [5.41, 5.74) is 0.563. The minimum Gasteiger partial charge on any atom is -0.465 e. The summed E-state index contributed by atoms with van der Waals surface area (Å²) < 4.78 is 15.1. The minimum absolute atomic E-state index is 0.0180. The first-order chi connectivity index (χ1) is 11.0. The first-order valence-corrected chi connectivity index (χ1v) is 6.33. The maximum absolute atomic E-state index is 11.7. The third-order valence-corrected chi connectivity index (χ3v) is 2.91. The van der Waals surface area contributed by atoms with Crippen LogP contribution in [-0.2, 0) is 14.2 Å². The van der Waals surface area contributed by atoms with Crippen LogP contribution in [0.5, 0.6) is 0 Å². The van der Waals surface area contributed by atoms with Crippen molar-refractivity contribution in [2.75, 3.05) is 21.3 Å². The Morgan fingerprint density at radius 1 is 0.870 bits per heavy atom. The van der Waals surface area contributed by atoms with Gasteiger partial charge in [-0.25, -0.2) is 19.1 Å². The fourth-order valence-corrected chi connectivity index (χ4v) is 1.80. The van der Waals surface area contributed by atoms with Gasteiger partial charge in [0.1, 0.15) is 0 Å². The van der Waals surface area contributed by atoms with E-state index in [1.807, 2.05) is 0 Å². The van der Waals surface area contributed by atoms with Gasteiger partial charge in [-0.15, -0.1) is 5.10 Å². The highest BCUT2D eigenvalue weighted by atomic mass is 16.5. The minimum atomic E-state index is -0.659. The van der Waals surface area contributed by atoms with Crippen LogP contribution >= 0.6 is 0 Å². The zero-order valence-corrected chi connectivity index (χ0v) is 12.6. The van der Waals surface area contributed by atoms with Crippen molar-refractivity contribution < 1.29 is 28.6 Å². The molecule has 0 unspecified atom stereocenters. The SMILES string of the molecule is COC(=O)c1cc(C(=O)OC)cc(-n2cc(C(=O)OC)nn2)c1. The van der Waals surface area contributed by atoms with E-state index in [2.05, 4.69) is 24.5 Å². The van der Waals surface area contributed by atoms with Crippen molar-refractivity contribution in [3.05, 3.63) is 41.2 Å². The topological polar surface area (TPSA) is 110 Å². The number of esters is 3. The fraction of sp³-hybridized carbons (Fsp3) is 0.214. The molecule has 23 heavy (non-hydrogen) atoms. The van der Waals surface area contributed by atoms with E-state index < -0.39 is 17.9 Å². The largest absolute Gasteiger partial charge is 0.465 e. The van der Waals surface area contributed by atoms with E-state index >= 15 is 0 Å². The van der Waals surface area contributed by atoms with Gasteiger partial charge in [0.2, 0.25) is 0 Å². The number of methoxy groups -OCH3 is 3.